The van der Waals surface area contributed by atoms with Crippen LogP contribution in [0.4, 0.5) is 20.5 Å². The van der Waals surface area contributed by atoms with E-state index in [0.717, 1.165) is 11.2 Å². The fourth-order valence-electron chi connectivity index (χ4n) is 3.89. The van der Waals surface area contributed by atoms with Crippen molar-refractivity contribution >= 4 is 22.9 Å². The van der Waals surface area contributed by atoms with Gasteiger partial charge in [-0.05, 0) is 31.2 Å². The standard InChI is InChI=1S/C19H21F2N9/c1-2-28-8-6-14(19(20,21)11-28)24-18-25-17(22)16-12(5-9-30(16)27-18)13-3-4-15-23-7-10-29(15)26-13/h3-5,7,9-10,14H,2,6,8,11H2,1H3,(H3,22,24,25,27)/t14-/m1/s1. The lowest BCUT2D eigenvalue weighted by atomic mass is 10.0. The van der Waals surface area contributed by atoms with Crippen LogP contribution in [0.1, 0.15) is 13.3 Å². The second-order valence-electron chi connectivity index (χ2n) is 7.41. The molecule has 1 saturated heterocycles. The van der Waals surface area contributed by atoms with E-state index >= 15 is 0 Å². The maximum Gasteiger partial charge on any atom is 0.280 e. The van der Waals surface area contributed by atoms with Crippen LogP contribution in [0.2, 0.25) is 0 Å². The molecular formula is C19H21F2N9. The van der Waals surface area contributed by atoms with Gasteiger partial charge in [-0.3, -0.25) is 4.90 Å². The highest BCUT2D eigenvalue weighted by atomic mass is 19.3. The number of nitrogens with two attached hydrogens (primary N) is 1. The molecule has 1 aliphatic rings. The fraction of sp³-hybridized carbons (Fsp3) is 0.368. The lowest BCUT2D eigenvalue weighted by Gasteiger charge is -2.38. The second-order valence-corrected chi connectivity index (χ2v) is 7.41. The maximum absolute atomic E-state index is 14.5. The predicted octanol–water partition coefficient (Wildman–Crippen LogP) is 2.16. The molecule has 5 rings (SSSR count). The van der Waals surface area contributed by atoms with Crippen LogP contribution in [0, 0.1) is 0 Å². The summed E-state index contributed by atoms with van der Waals surface area (Å²) in [5.74, 6) is -2.61. The Balaban J connectivity index is 1.47. The third-order valence-corrected chi connectivity index (χ3v) is 5.50. The van der Waals surface area contributed by atoms with Crippen LogP contribution in [-0.4, -0.2) is 65.7 Å². The minimum atomic E-state index is -2.88. The predicted molar refractivity (Wildman–Crippen MR) is 108 cm³/mol. The van der Waals surface area contributed by atoms with E-state index in [-0.39, 0.29) is 18.3 Å². The van der Waals surface area contributed by atoms with Gasteiger partial charge in [0.25, 0.3) is 5.92 Å². The summed E-state index contributed by atoms with van der Waals surface area (Å²) in [6, 6.07) is 4.47. The summed E-state index contributed by atoms with van der Waals surface area (Å²) in [6.07, 6.45) is 5.43. The smallest absolute Gasteiger partial charge is 0.280 e. The normalized spacial score (nSPS) is 19.5. The van der Waals surface area contributed by atoms with E-state index in [1.165, 1.54) is 0 Å². The van der Waals surface area contributed by atoms with Gasteiger partial charge in [0.05, 0.1) is 18.3 Å². The summed E-state index contributed by atoms with van der Waals surface area (Å²) in [7, 11) is 0. The summed E-state index contributed by atoms with van der Waals surface area (Å²) in [5.41, 5.74) is 8.92. The molecule has 0 bridgehead atoms. The molecule has 0 aromatic carbocycles. The van der Waals surface area contributed by atoms with Crippen molar-refractivity contribution < 1.29 is 8.78 Å². The molecular weight excluding hydrogens is 392 g/mol. The molecule has 0 saturated carbocycles. The van der Waals surface area contributed by atoms with E-state index < -0.39 is 12.0 Å². The number of piperidine rings is 1. The minimum absolute atomic E-state index is 0.0785. The van der Waals surface area contributed by atoms with Crippen molar-refractivity contribution in [2.45, 2.75) is 25.3 Å². The number of nitrogens with zero attached hydrogens (tertiary/aromatic N) is 7. The molecule has 0 amide bonds. The average molecular weight is 413 g/mol. The molecule has 156 valence electrons. The Bertz CT molecular complexity index is 1220. The molecule has 11 heteroatoms. The third-order valence-electron chi connectivity index (χ3n) is 5.50. The molecule has 5 heterocycles. The highest BCUT2D eigenvalue weighted by Crippen LogP contribution is 2.31. The molecule has 0 aliphatic carbocycles. The number of alkyl halides is 2. The Labute approximate surface area is 170 Å². The fourth-order valence-corrected chi connectivity index (χ4v) is 3.89. The van der Waals surface area contributed by atoms with Gasteiger partial charge in [0.15, 0.2) is 11.5 Å². The summed E-state index contributed by atoms with van der Waals surface area (Å²) >= 11 is 0. The largest absolute Gasteiger partial charge is 0.382 e. The van der Waals surface area contributed by atoms with Gasteiger partial charge >= 0.3 is 0 Å². The molecule has 1 fully saturated rings. The van der Waals surface area contributed by atoms with Crippen molar-refractivity contribution in [3.8, 4) is 11.3 Å². The van der Waals surface area contributed by atoms with Crippen molar-refractivity contribution in [3.63, 3.8) is 0 Å². The van der Waals surface area contributed by atoms with Gasteiger partial charge in [0.2, 0.25) is 5.95 Å². The number of nitrogen functional groups attached to an aromatic ring is 1. The topological polar surface area (TPSA) is 102 Å². The van der Waals surface area contributed by atoms with Crippen LogP contribution in [0.3, 0.4) is 0 Å². The average Bonchev–Trinajstić information content (AvgIpc) is 3.35. The Morgan fingerprint density at radius 1 is 1.20 bits per heavy atom. The van der Waals surface area contributed by atoms with Gasteiger partial charge in [-0.25, -0.2) is 22.8 Å². The van der Waals surface area contributed by atoms with Gasteiger partial charge in [-0.15, -0.1) is 5.10 Å². The molecule has 9 nitrogen and oxygen atoms in total. The summed E-state index contributed by atoms with van der Waals surface area (Å²) < 4.78 is 32.2. The number of nitrogens with one attached hydrogen (secondary N) is 1. The zero-order valence-corrected chi connectivity index (χ0v) is 16.3. The number of halogens is 2. The third kappa shape index (κ3) is 3.11. The SMILES string of the molecule is CCN1CC[C@@H](Nc2nc(N)c3c(-c4ccc5nccn5n4)ccn3n2)C(F)(F)C1. The van der Waals surface area contributed by atoms with Crippen molar-refractivity contribution in [2.75, 3.05) is 30.7 Å². The molecule has 4 aromatic rings. The van der Waals surface area contributed by atoms with Crippen LogP contribution in [0.15, 0.2) is 36.8 Å². The number of imidazole rings is 1. The van der Waals surface area contributed by atoms with Crippen LogP contribution >= 0.6 is 0 Å². The number of fused-ring (bicyclic) bond motifs is 2. The van der Waals surface area contributed by atoms with Crippen LogP contribution in [-0.2, 0) is 0 Å². The lowest BCUT2D eigenvalue weighted by molar-refractivity contribution is -0.0726. The van der Waals surface area contributed by atoms with E-state index in [2.05, 4.69) is 25.5 Å². The van der Waals surface area contributed by atoms with Crippen molar-refractivity contribution in [3.05, 3.63) is 36.8 Å². The van der Waals surface area contributed by atoms with Gasteiger partial charge in [0.1, 0.15) is 5.52 Å². The molecule has 0 spiro atoms. The zero-order chi connectivity index (χ0) is 20.9. The maximum atomic E-state index is 14.5. The Hall–Kier alpha value is -3.34. The van der Waals surface area contributed by atoms with Gasteiger partial charge in [-0.2, -0.15) is 10.1 Å². The van der Waals surface area contributed by atoms with Crippen LogP contribution < -0.4 is 11.1 Å². The summed E-state index contributed by atoms with van der Waals surface area (Å²) in [5, 5.41) is 11.7. The quantitative estimate of drug-likeness (QED) is 0.529. The Kier molecular flexibility index (Phi) is 4.28. The molecule has 30 heavy (non-hydrogen) atoms. The first-order chi connectivity index (χ1) is 14.4. The molecule has 3 N–H and O–H groups in total. The monoisotopic (exact) mass is 413 g/mol. The summed E-state index contributed by atoms with van der Waals surface area (Å²) in [6.45, 7) is 2.79. The first-order valence-corrected chi connectivity index (χ1v) is 9.77. The molecule has 4 aromatic heterocycles. The van der Waals surface area contributed by atoms with E-state index in [1.807, 2.05) is 25.1 Å². The van der Waals surface area contributed by atoms with Crippen molar-refractivity contribution in [2.24, 2.45) is 0 Å². The van der Waals surface area contributed by atoms with Crippen molar-refractivity contribution in [1.29, 1.82) is 0 Å². The Morgan fingerprint density at radius 3 is 2.87 bits per heavy atom. The molecule has 1 aliphatic heterocycles. The molecule has 1 atom stereocenters. The lowest BCUT2D eigenvalue weighted by Crippen LogP contribution is -2.54. The van der Waals surface area contributed by atoms with Crippen LogP contribution in [0.25, 0.3) is 22.4 Å². The summed E-state index contributed by atoms with van der Waals surface area (Å²) in [4.78, 5) is 10.2. The van der Waals surface area contributed by atoms with E-state index in [9.17, 15) is 8.78 Å². The van der Waals surface area contributed by atoms with E-state index in [4.69, 9.17) is 5.73 Å². The minimum Gasteiger partial charge on any atom is -0.382 e. The molecule has 0 unspecified atom stereocenters. The number of anilines is 2. The number of aromatic nitrogens is 6. The van der Waals surface area contributed by atoms with Crippen molar-refractivity contribution in [1.82, 2.24) is 34.1 Å². The molecule has 0 radical (unpaired) electrons. The van der Waals surface area contributed by atoms with E-state index in [1.54, 1.807) is 32.5 Å². The number of likely N-dealkylation sites (tertiary alicyclic amines) is 1. The van der Waals surface area contributed by atoms with Gasteiger partial charge < -0.3 is 11.1 Å². The first kappa shape index (κ1) is 18.7. The van der Waals surface area contributed by atoms with E-state index in [0.29, 0.717) is 30.7 Å². The van der Waals surface area contributed by atoms with Crippen LogP contribution in [0.5, 0.6) is 0 Å². The Morgan fingerprint density at radius 2 is 2.07 bits per heavy atom. The highest BCUT2D eigenvalue weighted by Gasteiger charge is 2.44. The van der Waals surface area contributed by atoms with Gasteiger partial charge in [0, 0.05) is 30.7 Å². The number of hydrogen-bond acceptors (Lipinski definition) is 7. The second kappa shape index (κ2) is 6.87. The van der Waals surface area contributed by atoms with Gasteiger partial charge in [-0.1, -0.05) is 6.92 Å². The first-order valence-electron chi connectivity index (χ1n) is 9.77. The number of rotatable bonds is 4. The number of hydrogen-bond donors (Lipinski definition) is 2. The zero-order valence-electron chi connectivity index (χ0n) is 16.3. The highest BCUT2D eigenvalue weighted by molar-refractivity contribution is 5.86.